The molecule has 0 radical (unpaired) electrons. The summed E-state index contributed by atoms with van der Waals surface area (Å²) in [5, 5.41) is 2.98. The first-order valence-electron chi connectivity index (χ1n) is 8.70. The number of allylic oxidation sites excluding steroid dienone is 1. The second-order valence-electron chi connectivity index (χ2n) is 5.88. The lowest BCUT2D eigenvalue weighted by Crippen LogP contribution is -2.46. The smallest absolute Gasteiger partial charge is 0.434 e. The maximum absolute atomic E-state index is 12.3. The lowest BCUT2D eigenvalue weighted by atomic mass is 10.0. The van der Waals surface area contributed by atoms with Gasteiger partial charge in [-0.05, 0) is 57.0 Å². The molecule has 1 N–H and O–H groups in total. The number of nitrogens with zero attached hydrogens (tertiary/aromatic N) is 1. The molecule has 0 spiro atoms. The lowest BCUT2D eigenvalue weighted by molar-refractivity contribution is -0.127. The van der Waals surface area contributed by atoms with Gasteiger partial charge in [0.25, 0.3) is 5.91 Å². The molecule has 0 saturated carbocycles. The number of ether oxygens (including phenoxy) is 2. The summed E-state index contributed by atoms with van der Waals surface area (Å²) in [5.74, 6) is 0.135. The molecule has 2 amide bonds. The molecule has 26 heavy (non-hydrogen) atoms. The Kier molecular flexibility index (Phi) is 7.20. The van der Waals surface area contributed by atoms with Crippen LogP contribution >= 0.6 is 0 Å². The van der Waals surface area contributed by atoms with Crippen LogP contribution in [0.2, 0.25) is 0 Å². The zero-order valence-electron chi connectivity index (χ0n) is 15.1. The molecule has 1 aromatic rings. The number of nitrogens with one attached hydrogen (secondary N) is 1. The van der Waals surface area contributed by atoms with Gasteiger partial charge in [0.2, 0.25) is 5.91 Å². The summed E-state index contributed by atoms with van der Waals surface area (Å²) < 4.78 is 9.65. The second-order valence-corrected chi connectivity index (χ2v) is 5.88. The minimum atomic E-state index is -0.774. The number of hydrogen-bond acceptors (Lipinski definition) is 5. The summed E-state index contributed by atoms with van der Waals surface area (Å²) in [6.45, 7) is 4.99. The number of piperidine rings is 1. The quantitative estimate of drug-likeness (QED) is 0.495. The van der Waals surface area contributed by atoms with E-state index in [0.29, 0.717) is 24.4 Å². The predicted octanol–water partition coefficient (Wildman–Crippen LogP) is 2.52. The van der Waals surface area contributed by atoms with Crippen molar-refractivity contribution in [2.24, 2.45) is 0 Å². The van der Waals surface area contributed by atoms with Crippen LogP contribution in [0.25, 0.3) is 0 Å². The molecule has 1 saturated heterocycles. The van der Waals surface area contributed by atoms with Crippen molar-refractivity contribution < 1.29 is 23.9 Å². The van der Waals surface area contributed by atoms with Gasteiger partial charge in [0.15, 0.2) is 0 Å². The van der Waals surface area contributed by atoms with E-state index in [-0.39, 0.29) is 24.5 Å². The van der Waals surface area contributed by atoms with Crippen LogP contribution in [0.1, 0.15) is 37.0 Å². The third kappa shape index (κ3) is 5.61. The fourth-order valence-electron chi connectivity index (χ4n) is 2.68. The van der Waals surface area contributed by atoms with E-state index in [0.717, 1.165) is 12.8 Å². The number of carbonyl (C=O) groups excluding carboxylic acids is 3. The average Bonchev–Trinajstić information content (AvgIpc) is 2.63. The van der Waals surface area contributed by atoms with Crippen LogP contribution in [-0.2, 0) is 9.53 Å². The van der Waals surface area contributed by atoms with Crippen LogP contribution < -0.4 is 10.1 Å². The molecule has 140 valence electrons. The van der Waals surface area contributed by atoms with Crippen molar-refractivity contribution in [1.29, 1.82) is 0 Å². The maximum atomic E-state index is 12.3. The first kappa shape index (κ1) is 19.5. The molecule has 0 aliphatic carbocycles. The molecule has 0 aromatic heterocycles. The zero-order chi connectivity index (χ0) is 18.9. The topological polar surface area (TPSA) is 84.9 Å². The van der Waals surface area contributed by atoms with Crippen molar-refractivity contribution in [2.45, 2.75) is 32.7 Å². The molecule has 1 aliphatic heterocycles. The van der Waals surface area contributed by atoms with E-state index in [9.17, 15) is 14.4 Å². The fourth-order valence-corrected chi connectivity index (χ4v) is 2.68. The third-order valence-electron chi connectivity index (χ3n) is 4.03. The van der Waals surface area contributed by atoms with Crippen molar-refractivity contribution in [1.82, 2.24) is 10.2 Å². The van der Waals surface area contributed by atoms with Gasteiger partial charge in [0, 0.05) is 24.7 Å². The van der Waals surface area contributed by atoms with Crippen LogP contribution in [0.3, 0.4) is 0 Å². The van der Waals surface area contributed by atoms with Crippen molar-refractivity contribution in [3.05, 3.63) is 42.0 Å². The molecule has 2 rings (SSSR count). The normalized spacial score (nSPS) is 14.9. The van der Waals surface area contributed by atoms with Crippen LogP contribution in [0.15, 0.2) is 36.4 Å². The zero-order valence-corrected chi connectivity index (χ0v) is 15.1. The molecular weight excluding hydrogens is 336 g/mol. The Morgan fingerprint density at radius 3 is 2.42 bits per heavy atom. The van der Waals surface area contributed by atoms with Crippen molar-refractivity contribution in [2.75, 3.05) is 19.7 Å². The highest BCUT2D eigenvalue weighted by atomic mass is 16.7. The lowest BCUT2D eigenvalue weighted by Gasteiger charge is -2.31. The predicted molar refractivity (Wildman–Crippen MR) is 96.0 cm³/mol. The molecule has 0 bridgehead atoms. The molecule has 1 aromatic carbocycles. The van der Waals surface area contributed by atoms with Crippen LogP contribution in [-0.4, -0.2) is 48.6 Å². The first-order valence-corrected chi connectivity index (χ1v) is 8.70. The van der Waals surface area contributed by atoms with Gasteiger partial charge >= 0.3 is 6.16 Å². The van der Waals surface area contributed by atoms with Crippen LogP contribution in [0.4, 0.5) is 4.79 Å². The average molecular weight is 360 g/mol. The highest BCUT2D eigenvalue weighted by Crippen LogP contribution is 2.15. The maximum Gasteiger partial charge on any atom is 0.513 e. The molecule has 1 aliphatic rings. The van der Waals surface area contributed by atoms with E-state index in [4.69, 9.17) is 9.47 Å². The largest absolute Gasteiger partial charge is 0.513 e. The molecular formula is C19H24N2O5. The summed E-state index contributed by atoms with van der Waals surface area (Å²) in [5.41, 5.74) is 0.480. The van der Waals surface area contributed by atoms with E-state index >= 15 is 0 Å². The second kappa shape index (κ2) is 9.60. The Balaban J connectivity index is 1.83. The number of benzene rings is 1. The molecule has 7 heteroatoms. The third-order valence-corrected chi connectivity index (χ3v) is 4.03. The van der Waals surface area contributed by atoms with E-state index in [1.54, 1.807) is 48.2 Å². The number of hydrogen-bond donors (Lipinski definition) is 1. The molecule has 0 atom stereocenters. The molecule has 7 nitrogen and oxygen atoms in total. The van der Waals surface area contributed by atoms with Crippen LogP contribution in [0.5, 0.6) is 5.75 Å². The monoisotopic (exact) mass is 360 g/mol. The van der Waals surface area contributed by atoms with Crippen molar-refractivity contribution in [3.63, 3.8) is 0 Å². The highest BCUT2D eigenvalue weighted by Gasteiger charge is 2.23. The van der Waals surface area contributed by atoms with Gasteiger partial charge in [-0.25, -0.2) is 4.79 Å². The van der Waals surface area contributed by atoms with E-state index in [1.165, 1.54) is 0 Å². The number of amides is 2. The van der Waals surface area contributed by atoms with Gasteiger partial charge in [0.05, 0.1) is 6.61 Å². The van der Waals surface area contributed by atoms with Crippen molar-refractivity contribution >= 4 is 18.0 Å². The number of likely N-dealkylation sites (tertiary alicyclic amines) is 1. The standard InChI is InChI=1S/C19H24N2O5/c1-3-5-17(22)21-12-10-15(11-13-21)20-18(23)14-6-8-16(9-7-14)26-19(24)25-4-2/h3,5-9,15H,4,10-13H2,1-2H3,(H,20,23)/b5-3+. The minimum Gasteiger partial charge on any atom is -0.434 e. The Labute approximate surface area is 153 Å². The van der Waals surface area contributed by atoms with E-state index in [2.05, 4.69) is 5.32 Å². The summed E-state index contributed by atoms with van der Waals surface area (Å²) in [6.07, 6.45) is 3.95. The Bertz CT molecular complexity index is 661. The summed E-state index contributed by atoms with van der Waals surface area (Å²) in [4.78, 5) is 37.2. The Hall–Kier alpha value is -2.83. The highest BCUT2D eigenvalue weighted by molar-refractivity contribution is 5.94. The van der Waals surface area contributed by atoms with Gasteiger partial charge in [0.1, 0.15) is 5.75 Å². The van der Waals surface area contributed by atoms with E-state index < -0.39 is 6.16 Å². The van der Waals surface area contributed by atoms with Crippen molar-refractivity contribution in [3.8, 4) is 5.75 Å². The molecule has 1 heterocycles. The number of rotatable bonds is 5. The summed E-state index contributed by atoms with van der Waals surface area (Å²) in [6, 6.07) is 6.31. The number of carbonyl (C=O) groups is 3. The Morgan fingerprint density at radius 2 is 1.85 bits per heavy atom. The van der Waals surface area contributed by atoms with Gasteiger partial charge in [-0.2, -0.15) is 0 Å². The molecule has 1 fully saturated rings. The van der Waals surface area contributed by atoms with Gasteiger partial charge in [-0.3, -0.25) is 9.59 Å². The minimum absolute atomic E-state index is 0.00876. The molecule has 0 unspecified atom stereocenters. The summed E-state index contributed by atoms with van der Waals surface area (Å²) in [7, 11) is 0. The van der Waals surface area contributed by atoms with Crippen LogP contribution in [0, 0.1) is 0 Å². The SMILES string of the molecule is C/C=C/C(=O)N1CCC(NC(=O)c2ccc(OC(=O)OCC)cc2)CC1. The summed E-state index contributed by atoms with van der Waals surface area (Å²) >= 11 is 0. The fraction of sp³-hybridized carbons (Fsp3) is 0.421. The van der Waals surface area contributed by atoms with Gasteiger partial charge in [-0.15, -0.1) is 0 Å². The Morgan fingerprint density at radius 1 is 1.19 bits per heavy atom. The van der Waals surface area contributed by atoms with Gasteiger partial charge in [-0.1, -0.05) is 6.08 Å². The first-order chi connectivity index (χ1) is 12.5. The van der Waals surface area contributed by atoms with Gasteiger partial charge < -0.3 is 19.7 Å². The van der Waals surface area contributed by atoms with E-state index in [1.807, 2.05) is 6.92 Å².